The van der Waals surface area contributed by atoms with Crippen LogP contribution in [0.2, 0.25) is 0 Å². The van der Waals surface area contributed by atoms with Gasteiger partial charge in [-0.15, -0.1) is 0 Å². The molecule has 0 saturated carbocycles. The molecule has 0 aliphatic heterocycles. The largest absolute Gasteiger partial charge is 0.492 e. The van der Waals surface area contributed by atoms with Crippen LogP contribution in [0, 0.1) is 0 Å². The third-order valence-corrected chi connectivity index (χ3v) is 6.62. The van der Waals surface area contributed by atoms with Crippen LogP contribution in [0.5, 0.6) is 11.5 Å². The van der Waals surface area contributed by atoms with Gasteiger partial charge in [0, 0.05) is 13.1 Å². The minimum absolute atomic E-state index is 0.723. The van der Waals surface area contributed by atoms with Gasteiger partial charge in [0.25, 0.3) is 0 Å². The fourth-order valence-electron chi connectivity index (χ4n) is 4.35. The summed E-state index contributed by atoms with van der Waals surface area (Å²) in [4.78, 5) is 4.75. The number of allylic oxidation sites excluding steroid dienone is 2. The van der Waals surface area contributed by atoms with Crippen molar-refractivity contribution < 1.29 is 9.47 Å². The lowest BCUT2D eigenvalue weighted by Gasteiger charge is -2.19. The van der Waals surface area contributed by atoms with Crippen molar-refractivity contribution in [1.29, 1.82) is 0 Å². The second-order valence-electron chi connectivity index (χ2n) is 8.46. The van der Waals surface area contributed by atoms with Crippen LogP contribution in [-0.4, -0.2) is 62.3 Å². The average molecular weight is 467 g/mol. The summed E-state index contributed by atoms with van der Waals surface area (Å²) in [7, 11) is 0. The van der Waals surface area contributed by atoms with E-state index in [9.17, 15) is 0 Å². The van der Waals surface area contributed by atoms with Gasteiger partial charge in [0.15, 0.2) is 0 Å². The summed E-state index contributed by atoms with van der Waals surface area (Å²) >= 11 is 0. The van der Waals surface area contributed by atoms with E-state index in [0.717, 1.165) is 76.8 Å². The van der Waals surface area contributed by atoms with Gasteiger partial charge in [0.2, 0.25) is 0 Å². The molecule has 0 heterocycles. The highest BCUT2D eigenvalue weighted by atomic mass is 16.5. The smallest absolute Gasteiger partial charge is 0.119 e. The summed E-state index contributed by atoms with van der Waals surface area (Å²) in [5, 5.41) is 0. The van der Waals surface area contributed by atoms with Crippen LogP contribution in [0.15, 0.2) is 48.5 Å². The van der Waals surface area contributed by atoms with Gasteiger partial charge >= 0.3 is 0 Å². The van der Waals surface area contributed by atoms with E-state index >= 15 is 0 Å². The molecule has 0 unspecified atom stereocenters. The summed E-state index contributed by atoms with van der Waals surface area (Å²) in [5.74, 6) is 1.88. The zero-order valence-electron chi connectivity index (χ0n) is 22.4. The maximum absolute atomic E-state index is 5.98. The lowest BCUT2D eigenvalue weighted by Crippen LogP contribution is -2.27. The van der Waals surface area contributed by atoms with Gasteiger partial charge in [-0.25, -0.2) is 0 Å². The molecule has 0 radical (unpaired) electrons. The Hall–Kier alpha value is -2.30. The fourth-order valence-corrected chi connectivity index (χ4v) is 4.35. The van der Waals surface area contributed by atoms with Crippen molar-refractivity contribution in [2.45, 2.75) is 54.4 Å². The van der Waals surface area contributed by atoms with Crippen LogP contribution in [-0.2, 0) is 0 Å². The van der Waals surface area contributed by atoms with Crippen molar-refractivity contribution in [3.05, 3.63) is 59.7 Å². The number of ether oxygens (including phenoxy) is 2. The van der Waals surface area contributed by atoms with E-state index in [2.05, 4.69) is 99.9 Å². The molecule has 0 aliphatic rings. The molecule has 0 aliphatic carbocycles. The first-order chi connectivity index (χ1) is 16.6. The SMILES string of the molecule is CCC(=C(CC)c1ccc(OCCN(CC)CC)cc1)c1ccc(OCCN(CC)CC)cc1. The number of rotatable bonds is 16. The second kappa shape index (κ2) is 15.6. The van der Waals surface area contributed by atoms with Crippen molar-refractivity contribution >= 4 is 11.1 Å². The van der Waals surface area contributed by atoms with Crippen molar-refractivity contribution in [3.8, 4) is 11.5 Å². The van der Waals surface area contributed by atoms with E-state index in [0.29, 0.717) is 0 Å². The van der Waals surface area contributed by atoms with E-state index in [1.807, 2.05) is 0 Å². The lowest BCUT2D eigenvalue weighted by molar-refractivity contribution is 0.223. The molecular weight excluding hydrogens is 420 g/mol. The number of benzene rings is 2. The molecule has 188 valence electrons. The molecular formula is C30H46N2O2. The van der Waals surface area contributed by atoms with Crippen molar-refractivity contribution in [3.63, 3.8) is 0 Å². The number of likely N-dealkylation sites (N-methyl/N-ethyl adjacent to an activating group) is 2. The first-order valence-corrected chi connectivity index (χ1v) is 13.2. The minimum Gasteiger partial charge on any atom is -0.492 e. The fraction of sp³-hybridized carbons (Fsp3) is 0.533. The summed E-state index contributed by atoms with van der Waals surface area (Å²) in [5.41, 5.74) is 5.34. The predicted octanol–water partition coefficient (Wildman–Crippen LogP) is 6.86. The zero-order valence-corrected chi connectivity index (χ0v) is 22.4. The van der Waals surface area contributed by atoms with E-state index in [4.69, 9.17) is 9.47 Å². The Kier molecular flexibility index (Phi) is 12.8. The maximum Gasteiger partial charge on any atom is 0.119 e. The molecule has 0 amide bonds. The third-order valence-electron chi connectivity index (χ3n) is 6.62. The Morgan fingerprint density at radius 2 is 0.853 bits per heavy atom. The van der Waals surface area contributed by atoms with E-state index in [1.54, 1.807) is 0 Å². The van der Waals surface area contributed by atoms with Crippen LogP contribution in [0.4, 0.5) is 0 Å². The Morgan fingerprint density at radius 1 is 0.529 bits per heavy atom. The molecule has 0 aromatic heterocycles. The highest BCUT2D eigenvalue weighted by molar-refractivity contribution is 5.90. The molecule has 0 spiro atoms. The molecule has 0 bridgehead atoms. The van der Waals surface area contributed by atoms with Crippen LogP contribution in [0.1, 0.15) is 65.5 Å². The standard InChI is InChI=1S/C30H46N2O2/c1-7-29(25-13-17-27(18-14-25)33-23-21-31(9-3)10-4)30(8-2)26-15-19-28(20-16-26)34-24-22-32(11-5)12-6/h13-20H,7-12,21-24H2,1-6H3. The average Bonchev–Trinajstić information content (AvgIpc) is 2.88. The predicted molar refractivity (Wildman–Crippen MR) is 147 cm³/mol. The number of hydrogen-bond donors (Lipinski definition) is 0. The lowest BCUT2D eigenvalue weighted by atomic mass is 9.91. The first kappa shape index (κ1) is 27.9. The second-order valence-corrected chi connectivity index (χ2v) is 8.46. The maximum atomic E-state index is 5.98. The Balaban J connectivity index is 2.07. The molecule has 2 rings (SSSR count). The Morgan fingerprint density at radius 3 is 1.12 bits per heavy atom. The van der Waals surface area contributed by atoms with Crippen LogP contribution in [0.3, 0.4) is 0 Å². The summed E-state index contributed by atoms with van der Waals surface area (Å²) in [6.45, 7) is 20.9. The Bertz CT molecular complexity index is 764. The molecule has 0 N–H and O–H groups in total. The van der Waals surface area contributed by atoms with Crippen molar-refractivity contribution in [2.75, 3.05) is 52.5 Å². The van der Waals surface area contributed by atoms with Gasteiger partial charge in [-0.1, -0.05) is 65.8 Å². The third kappa shape index (κ3) is 8.48. The van der Waals surface area contributed by atoms with Crippen LogP contribution < -0.4 is 9.47 Å². The van der Waals surface area contributed by atoms with Crippen LogP contribution in [0.25, 0.3) is 11.1 Å². The molecule has 0 saturated heterocycles. The van der Waals surface area contributed by atoms with E-state index in [-0.39, 0.29) is 0 Å². The summed E-state index contributed by atoms with van der Waals surface area (Å²) in [6.07, 6.45) is 1.99. The monoisotopic (exact) mass is 466 g/mol. The number of hydrogen-bond acceptors (Lipinski definition) is 4. The van der Waals surface area contributed by atoms with Gasteiger partial charge in [-0.2, -0.15) is 0 Å². The number of nitrogens with zero attached hydrogens (tertiary/aromatic N) is 2. The molecule has 0 fully saturated rings. The quantitative estimate of drug-likeness (QED) is 0.252. The summed E-state index contributed by atoms with van der Waals surface area (Å²) < 4.78 is 12.0. The highest BCUT2D eigenvalue weighted by Crippen LogP contribution is 2.33. The van der Waals surface area contributed by atoms with Gasteiger partial charge in [0.1, 0.15) is 24.7 Å². The Labute approximate surface area is 208 Å². The van der Waals surface area contributed by atoms with E-state index < -0.39 is 0 Å². The van der Waals surface area contributed by atoms with Gasteiger partial charge in [-0.05, 0) is 85.6 Å². The summed E-state index contributed by atoms with van der Waals surface area (Å²) in [6, 6.07) is 17.2. The van der Waals surface area contributed by atoms with Gasteiger partial charge < -0.3 is 19.3 Å². The highest BCUT2D eigenvalue weighted by Gasteiger charge is 2.10. The van der Waals surface area contributed by atoms with Gasteiger partial charge in [0.05, 0.1) is 0 Å². The molecule has 0 atom stereocenters. The first-order valence-electron chi connectivity index (χ1n) is 13.2. The molecule has 4 nitrogen and oxygen atoms in total. The molecule has 34 heavy (non-hydrogen) atoms. The van der Waals surface area contributed by atoms with Crippen LogP contribution >= 0.6 is 0 Å². The molecule has 2 aromatic carbocycles. The minimum atomic E-state index is 0.723. The van der Waals surface area contributed by atoms with E-state index in [1.165, 1.54) is 22.3 Å². The van der Waals surface area contributed by atoms with Crippen molar-refractivity contribution in [1.82, 2.24) is 9.80 Å². The normalized spacial score (nSPS) is 12.2. The molecule has 4 heteroatoms. The zero-order chi connectivity index (χ0) is 24.8. The topological polar surface area (TPSA) is 24.9 Å². The van der Waals surface area contributed by atoms with Gasteiger partial charge in [-0.3, -0.25) is 0 Å². The van der Waals surface area contributed by atoms with Crippen molar-refractivity contribution in [2.24, 2.45) is 0 Å². The molecule has 2 aromatic rings.